The molecule has 1 fully saturated rings. The van der Waals surface area contributed by atoms with Crippen LogP contribution in [0.3, 0.4) is 0 Å². The minimum atomic E-state index is -0.443. The van der Waals surface area contributed by atoms with Gasteiger partial charge in [0.05, 0.1) is 0 Å². The summed E-state index contributed by atoms with van der Waals surface area (Å²) in [6, 6.07) is 11.6. The monoisotopic (exact) mass is 514 g/mol. The molecule has 0 bridgehead atoms. The maximum Gasteiger partial charge on any atom is 0.410 e. The van der Waals surface area contributed by atoms with Crippen molar-refractivity contribution in [2.24, 2.45) is 0 Å². The fourth-order valence-corrected chi connectivity index (χ4v) is 3.74. The van der Waals surface area contributed by atoms with Gasteiger partial charge in [-0.25, -0.2) is 4.79 Å². The van der Waals surface area contributed by atoms with E-state index in [1.54, 1.807) is 4.90 Å². The van der Waals surface area contributed by atoms with Crippen LogP contribution in [0.15, 0.2) is 40.9 Å². The Hall–Kier alpha value is -1.43. The number of aryl methyl sites for hydroxylation is 2. The van der Waals surface area contributed by atoms with Crippen LogP contribution >= 0.6 is 39.1 Å². The minimum absolute atomic E-state index is 0.227. The number of rotatable bonds is 1. The third kappa shape index (κ3) is 7.68. The Bertz CT molecular complexity index is 876. The normalized spacial score (nSPS) is 14.1. The second kappa shape index (κ2) is 10.7. The summed E-state index contributed by atoms with van der Waals surface area (Å²) in [5.74, 6) is 0. The van der Waals surface area contributed by atoms with Crippen LogP contribution in [-0.2, 0) is 4.74 Å². The van der Waals surface area contributed by atoms with Gasteiger partial charge in [-0.15, -0.1) is 0 Å². The molecule has 1 aliphatic rings. The summed E-state index contributed by atoms with van der Waals surface area (Å²) in [4.78, 5) is 16.1. The van der Waals surface area contributed by atoms with Gasteiger partial charge in [-0.1, -0.05) is 39.1 Å². The van der Waals surface area contributed by atoms with Gasteiger partial charge in [0, 0.05) is 46.4 Å². The fraction of sp³-hybridized carbons (Fsp3) is 0.435. The standard InChI is InChI=1S/C16H23ClN2O2.C7H6BrCl/c1-12-11-13(17)5-6-14(12)18-7-9-19(10-8-18)15(20)21-16(2,3)4;1-5-4-6(9)2-3-7(5)8/h5-6,11H,7-10H2,1-4H3;2-4H,1H3. The summed E-state index contributed by atoms with van der Waals surface area (Å²) < 4.78 is 6.51. The van der Waals surface area contributed by atoms with E-state index in [2.05, 4.69) is 27.8 Å². The summed E-state index contributed by atoms with van der Waals surface area (Å²) in [5, 5.41) is 1.54. The largest absolute Gasteiger partial charge is 0.444 e. The molecule has 0 aromatic heterocycles. The molecule has 0 atom stereocenters. The van der Waals surface area contributed by atoms with Crippen molar-refractivity contribution in [1.82, 2.24) is 4.90 Å². The van der Waals surface area contributed by atoms with Crippen LogP contribution in [-0.4, -0.2) is 42.8 Å². The van der Waals surface area contributed by atoms with E-state index < -0.39 is 5.60 Å². The van der Waals surface area contributed by atoms with Crippen LogP contribution < -0.4 is 4.90 Å². The van der Waals surface area contributed by atoms with Gasteiger partial charge in [-0.05, 0) is 82.1 Å². The lowest BCUT2D eigenvalue weighted by Gasteiger charge is -2.37. The Kier molecular flexibility index (Phi) is 8.89. The predicted molar refractivity (Wildman–Crippen MR) is 130 cm³/mol. The smallest absolute Gasteiger partial charge is 0.410 e. The summed E-state index contributed by atoms with van der Waals surface area (Å²) in [6.45, 7) is 12.7. The molecule has 4 nitrogen and oxygen atoms in total. The number of anilines is 1. The van der Waals surface area contributed by atoms with Gasteiger partial charge in [0.15, 0.2) is 0 Å². The van der Waals surface area contributed by atoms with E-state index in [4.69, 9.17) is 27.9 Å². The van der Waals surface area contributed by atoms with Gasteiger partial charge in [-0.3, -0.25) is 0 Å². The van der Waals surface area contributed by atoms with Crippen LogP contribution in [0.1, 0.15) is 31.9 Å². The molecule has 2 aromatic carbocycles. The highest BCUT2D eigenvalue weighted by molar-refractivity contribution is 9.10. The van der Waals surface area contributed by atoms with Crippen molar-refractivity contribution < 1.29 is 9.53 Å². The SMILES string of the molecule is Cc1cc(Cl)ccc1Br.Cc1cc(Cl)ccc1N1CCN(C(=O)OC(C)(C)C)CC1. The lowest BCUT2D eigenvalue weighted by molar-refractivity contribution is 0.0240. The number of amides is 1. The number of carbonyl (C=O) groups excluding carboxylic acids is 1. The second-order valence-electron chi connectivity index (χ2n) is 8.28. The van der Waals surface area contributed by atoms with Crippen LogP contribution in [0.4, 0.5) is 10.5 Å². The molecule has 3 rings (SSSR count). The van der Waals surface area contributed by atoms with Crippen molar-refractivity contribution in [3.05, 3.63) is 62.0 Å². The van der Waals surface area contributed by atoms with E-state index in [0.29, 0.717) is 13.1 Å². The van der Waals surface area contributed by atoms with Gasteiger partial charge in [0.2, 0.25) is 0 Å². The van der Waals surface area contributed by atoms with Crippen molar-refractivity contribution in [3.63, 3.8) is 0 Å². The molecule has 164 valence electrons. The Morgan fingerprint density at radius 1 is 0.933 bits per heavy atom. The Labute approximate surface area is 198 Å². The zero-order valence-electron chi connectivity index (χ0n) is 18.1. The summed E-state index contributed by atoms with van der Waals surface area (Å²) in [7, 11) is 0. The average molecular weight is 516 g/mol. The van der Waals surface area contributed by atoms with Crippen molar-refractivity contribution in [1.29, 1.82) is 0 Å². The van der Waals surface area contributed by atoms with Crippen molar-refractivity contribution in [3.8, 4) is 0 Å². The quantitative estimate of drug-likeness (QED) is 0.405. The third-order valence-electron chi connectivity index (χ3n) is 4.55. The Morgan fingerprint density at radius 2 is 1.47 bits per heavy atom. The molecule has 0 aliphatic carbocycles. The zero-order valence-corrected chi connectivity index (χ0v) is 21.2. The van der Waals surface area contributed by atoms with Gasteiger partial charge < -0.3 is 14.5 Å². The molecule has 30 heavy (non-hydrogen) atoms. The van der Waals surface area contributed by atoms with E-state index in [1.807, 2.05) is 64.1 Å². The lowest BCUT2D eigenvalue weighted by Crippen LogP contribution is -2.50. The number of ether oxygens (including phenoxy) is 1. The van der Waals surface area contributed by atoms with E-state index in [-0.39, 0.29) is 6.09 Å². The van der Waals surface area contributed by atoms with Crippen molar-refractivity contribution in [2.75, 3.05) is 31.1 Å². The highest BCUT2D eigenvalue weighted by Gasteiger charge is 2.26. The molecule has 0 radical (unpaired) electrons. The van der Waals surface area contributed by atoms with Gasteiger partial charge in [0.1, 0.15) is 5.60 Å². The van der Waals surface area contributed by atoms with Crippen molar-refractivity contribution in [2.45, 2.75) is 40.2 Å². The Balaban J connectivity index is 0.000000297. The molecule has 1 heterocycles. The minimum Gasteiger partial charge on any atom is -0.444 e. The van der Waals surface area contributed by atoms with E-state index >= 15 is 0 Å². The number of benzene rings is 2. The fourth-order valence-electron chi connectivity index (χ4n) is 3.04. The molecule has 0 saturated carbocycles. The summed E-state index contributed by atoms with van der Waals surface area (Å²) >= 11 is 15.1. The maximum absolute atomic E-state index is 12.0. The molecular formula is C23H29BrCl2N2O2. The first kappa shape index (κ1) is 24.8. The molecule has 0 spiro atoms. The predicted octanol–water partition coefficient (Wildman–Crippen LogP) is 7.12. The Morgan fingerprint density at radius 3 is 1.93 bits per heavy atom. The van der Waals surface area contributed by atoms with Gasteiger partial charge in [-0.2, -0.15) is 0 Å². The van der Waals surface area contributed by atoms with Gasteiger partial charge in [0.25, 0.3) is 0 Å². The van der Waals surface area contributed by atoms with Crippen LogP contribution in [0, 0.1) is 13.8 Å². The molecule has 1 amide bonds. The highest BCUT2D eigenvalue weighted by atomic mass is 79.9. The second-order valence-corrected chi connectivity index (χ2v) is 10.0. The third-order valence-corrected chi connectivity index (χ3v) is 5.91. The maximum atomic E-state index is 12.0. The highest BCUT2D eigenvalue weighted by Crippen LogP contribution is 2.25. The molecular weight excluding hydrogens is 487 g/mol. The van der Waals surface area contributed by atoms with Crippen LogP contribution in [0.25, 0.3) is 0 Å². The molecule has 2 aromatic rings. The molecule has 7 heteroatoms. The number of carbonyl (C=O) groups is 1. The zero-order chi connectivity index (χ0) is 22.5. The molecule has 0 N–H and O–H groups in total. The van der Waals surface area contributed by atoms with E-state index in [0.717, 1.165) is 33.2 Å². The summed E-state index contributed by atoms with van der Waals surface area (Å²) in [5.41, 5.74) is 3.07. The molecule has 0 unspecified atom stereocenters. The number of nitrogens with zero attached hydrogens (tertiary/aromatic N) is 2. The number of hydrogen-bond donors (Lipinski definition) is 0. The van der Waals surface area contributed by atoms with E-state index in [9.17, 15) is 4.79 Å². The van der Waals surface area contributed by atoms with Crippen LogP contribution in [0.5, 0.6) is 0 Å². The topological polar surface area (TPSA) is 32.8 Å². The molecule has 1 saturated heterocycles. The average Bonchev–Trinajstić information content (AvgIpc) is 2.64. The molecule has 1 aliphatic heterocycles. The number of halogens is 3. The first-order valence-electron chi connectivity index (χ1n) is 9.87. The summed E-state index contributed by atoms with van der Waals surface area (Å²) in [6.07, 6.45) is -0.227. The van der Waals surface area contributed by atoms with Gasteiger partial charge >= 0.3 is 6.09 Å². The van der Waals surface area contributed by atoms with Crippen LogP contribution in [0.2, 0.25) is 10.0 Å². The first-order valence-corrected chi connectivity index (χ1v) is 11.4. The van der Waals surface area contributed by atoms with Crippen molar-refractivity contribution >= 4 is 50.9 Å². The number of hydrogen-bond acceptors (Lipinski definition) is 3. The first-order chi connectivity index (χ1) is 14.0. The van der Waals surface area contributed by atoms with E-state index in [1.165, 1.54) is 11.3 Å². The lowest BCUT2D eigenvalue weighted by atomic mass is 10.1. The number of piperazine rings is 1.